The van der Waals surface area contributed by atoms with Crippen molar-refractivity contribution in [3.8, 4) is 0 Å². The van der Waals surface area contributed by atoms with Crippen LogP contribution >= 0.6 is 11.8 Å². The molecule has 0 radical (unpaired) electrons. The van der Waals surface area contributed by atoms with Crippen LogP contribution in [0.3, 0.4) is 0 Å². The molecule has 20 heavy (non-hydrogen) atoms. The molecule has 1 atom stereocenters. The van der Waals surface area contributed by atoms with E-state index in [0.29, 0.717) is 6.04 Å². The molecule has 2 nitrogen and oxygen atoms in total. The standard InChI is InChI=1S/C16H25FN2S/c1-2-18-16(14-4-6-15(17)7-5-14)8-10-19-9-3-12-20-13-11-19/h4-7,16,18H,2-3,8-13H2,1H3. The van der Waals surface area contributed by atoms with Crippen LogP contribution in [0.4, 0.5) is 4.39 Å². The van der Waals surface area contributed by atoms with Crippen molar-refractivity contribution in [3.05, 3.63) is 35.6 Å². The van der Waals surface area contributed by atoms with Crippen molar-refractivity contribution in [3.63, 3.8) is 0 Å². The topological polar surface area (TPSA) is 15.3 Å². The van der Waals surface area contributed by atoms with Crippen LogP contribution in [0.25, 0.3) is 0 Å². The van der Waals surface area contributed by atoms with Gasteiger partial charge in [-0.05, 0) is 55.9 Å². The van der Waals surface area contributed by atoms with Crippen LogP contribution < -0.4 is 5.32 Å². The Labute approximate surface area is 126 Å². The molecule has 0 aromatic heterocycles. The van der Waals surface area contributed by atoms with Crippen molar-refractivity contribution in [2.75, 3.05) is 37.7 Å². The fourth-order valence-corrected chi connectivity index (χ4v) is 3.59. The van der Waals surface area contributed by atoms with E-state index >= 15 is 0 Å². The van der Waals surface area contributed by atoms with Gasteiger partial charge in [0.05, 0.1) is 0 Å². The lowest BCUT2D eigenvalue weighted by atomic mass is 10.0. The van der Waals surface area contributed by atoms with Gasteiger partial charge < -0.3 is 10.2 Å². The lowest BCUT2D eigenvalue weighted by Gasteiger charge is -2.24. The first-order valence-corrected chi connectivity index (χ1v) is 8.74. The Bertz CT molecular complexity index is 375. The fourth-order valence-electron chi connectivity index (χ4n) is 2.66. The van der Waals surface area contributed by atoms with Crippen LogP contribution in [-0.4, -0.2) is 42.6 Å². The van der Waals surface area contributed by atoms with Crippen molar-refractivity contribution in [1.29, 1.82) is 0 Å². The zero-order valence-corrected chi connectivity index (χ0v) is 13.1. The second kappa shape index (κ2) is 8.65. The van der Waals surface area contributed by atoms with Gasteiger partial charge in [0.2, 0.25) is 0 Å². The normalized spacial score (nSPS) is 18.7. The van der Waals surface area contributed by atoms with Gasteiger partial charge in [0.1, 0.15) is 5.82 Å². The van der Waals surface area contributed by atoms with Crippen LogP contribution in [0.5, 0.6) is 0 Å². The maximum Gasteiger partial charge on any atom is 0.123 e. The number of hydrogen-bond acceptors (Lipinski definition) is 3. The monoisotopic (exact) mass is 296 g/mol. The van der Waals surface area contributed by atoms with Crippen molar-refractivity contribution in [2.45, 2.75) is 25.8 Å². The maximum atomic E-state index is 13.0. The van der Waals surface area contributed by atoms with E-state index in [2.05, 4.69) is 28.9 Å². The summed E-state index contributed by atoms with van der Waals surface area (Å²) in [6.45, 7) is 6.61. The number of thioether (sulfide) groups is 1. The highest BCUT2D eigenvalue weighted by molar-refractivity contribution is 7.99. The Hall–Kier alpha value is -0.580. The number of hydrogen-bond donors (Lipinski definition) is 1. The summed E-state index contributed by atoms with van der Waals surface area (Å²) in [4.78, 5) is 2.56. The van der Waals surface area contributed by atoms with E-state index < -0.39 is 0 Å². The molecule has 1 unspecified atom stereocenters. The molecular weight excluding hydrogens is 271 g/mol. The van der Waals surface area contributed by atoms with Gasteiger partial charge in [0.15, 0.2) is 0 Å². The Balaban J connectivity index is 1.89. The molecule has 112 valence electrons. The number of halogens is 1. The van der Waals surface area contributed by atoms with E-state index in [0.717, 1.165) is 19.5 Å². The summed E-state index contributed by atoms with van der Waals surface area (Å²) in [7, 11) is 0. The molecule has 1 N–H and O–H groups in total. The van der Waals surface area contributed by atoms with E-state index in [9.17, 15) is 4.39 Å². The summed E-state index contributed by atoms with van der Waals surface area (Å²) in [5.41, 5.74) is 1.19. The van der Waals surface area contributed by atoms with E-state index in [4.69, 9.17) is 0 Å². The van der Waals surface area contributed by atoms with Gasteiger partial charge in [-0.15, -0.1) is 0 Å². The first-order valence-electron chi connectivity index (χ1n) is 7.58. The predicted octanol–water partition coefficient (Wildman–Crippen LogP) is 3.31. The third kappa shape index (κ3) is 5.08. The molecule has 1 aliphatic heterocycles. The van der Waals surface area contributed by atoms with Crippen molar-refractivity contribution >= 4 is 11.8 Å². The minimum Gasteiger partial charge on any atom is -0.310 e. The number of rotatable bonds is 6. The van der Waals surface area contributed by atoms with E-state index in [1.807, 2.05) is 12.1 Å². The molecule has 0 aliphatic carbocycles. The van der Waals surface area contributed by atoms with Gasteiger partial charge in [-0.3, -0.25) is 0 Å². The molecule has 0 spiro atoms. The molecule has 1 aromatic rings. The molecule has 1 aromatic carbocycles. The van der Waals surface area contributed by atoms with Crippen molar-refractivity contribution in [2.24, 2.45) is 0 Å². The van der Waals surface area contributed by atoms with Gasteiger partial charge in [-0.1, -0.05) is 19.1 Å². The highest BCUT2D eigenvalue weighted by Crippen LogP contribution is 2.19. The summed E-state index contributed by atoms with van der Waals surface area (Å²) in [6.07, 6.45) is 2.39. The summed E-state index contributed by atoms with van der Waals surface area (Å²) in [6, 6.07) is 7.25. The highest BCUT2D eigenvalue weighted by atomic mass is 32.2. The van der Waals surface area contributed by atoms with Crippen LogP contribution in [0.2, 0.25) is 0 Å². The van der Waals surface area contributed by atoms with Gasteiger partial charge in [-0.25, -0.2) is 4.39 Å². The SMILES string of the molecule is CCNC(CCN1CCCSCC1)c1ccc(F)cc1. The van der Waals surface area contributed by atoms with Gasteiger partial charge >= 0.3 is 0 Å². The fraction of sp³-hybridized carbons (Fsp3) is 0.625. The van der Waals surface area contributed by atoms with Crippen molar-refractivity contribution < 1.29 is 4.39 Å². The summed E-state index contributed by atoms with van der Waals surface area (Å²) in [5.74, 6) is 2.39. The maximum absolute atomic E-state index is 13.0. The predicted molar refractivity (Wildman–Crippen MR) is 85.8 cm³/mol. The Morgan fingerprint density at radius 2 is 2.05 bits per heavy atom. The molecule has 1 fully saturated rings. The molecule has 1 saturated heterocycles. The lowest BCUT2D eigenvalue weighted by Crippen LogP contribution is -2.31. The van der Waals surface area contributed by atoms with Gasteiger partial charge in [-0.2, -0.15) is 11.8 Å². The minimum atomic E-state index is -0.159. The summed E-state index contributed by atoms with van der Waals surface area (Å²) in [5, 5.41) is 3.52. The van der Waals surface area contributed by atoms with Gasteiger partial charge in [0.25, 0.3) is 0 Å². The third-order valence-electron chi connectivity index (χ3n) is 3.77. The average molecular weight is 296 g/mol. The second-order valence-electron chi connectivity index (χ2n) is 5.26. The zero-order valence-electron chi connectivity index (χ0n) is 12.3. The second-order valence-corrected chi connectivity index (χ2v) is 6.48. The zero-order chi connectivity index (χ0) is 14.2. The Kier molecular flexibility index (Phi) is 6.83. The van der Waals surface area contributed by atoms with Crippen LogP contribution in [0, 0.1) is 5.82 Å². The molecule has 4 heteroatoms. The molecule has 1 aliphatic rings. The van der Waals surface area contributed by atoms with Gasteiger partial charge in [0, 0.05) is 18.3 Å². The molecule has 0 saturated carbocycles. The first-order chi connectivity index (χ1) is 9.79. The molecule has 0 amide bonds. The van der Waals surface area contributed by atoms with Crippen LogP contribution in [-0.2, 0) is 0 Å². The summed E-state index contributed by atoms with van der Waals surface area (Å²) < 4.78 is 13.0. The highest BCUT2D eigenvalue weighted by Gasteiger charge is 2.14. The third-order valence-corrected chi connectivity index (χ3v) is 4.82. The largest absolute Gasteiger partial charge is 0.310 e. The molecular formula is C16H25FN2S. The minimum absolute atomic E-state index is 0.159. The molecule has 2 rings (SSSR count). The van der Waals surface area contributed by atoms with Crippen LogP contribution in [0.15, 0.2) is 24.3 Å². The van der Waals surface area contributed by atoms with E-state index in [1.165, 1.54) is 36.6 Å². The number of nitrogens with one attached hydrogen (secondary N) is 1. The molecule has 0 bridgehead atoms. The number of benzene rings is 1. The Morgan fingerprint density at radius 3 is 2.80 bits per heavy atom. The van der Waals surface area contributed by atoms with E-state index in [1.54, 1.807) is 12.1 Å². The quantitative estimate of drug-likeness (QED) is 0.867. The number of nitrogens with zero attached hydrogens (tertiary/aromatic N) is 1. The first kappa shape index (κ1) is 15.8. The Morgan fingerprint density at radius 1 is 1.25 bits per heavy atom. The lowest BCUT2D eigenvalue weighted by molar-refractivity contribution is 0.275. The average Bonchev–Trinajstić information content (AvgIpc) is 2.73. The van der Waals surface area contributed by atoms with Crippen LogP contribution in [0.1, 0.15) is 31.4 Å². The van der Waals surface area contributed by atoms with E-state index in [-0.39, 0.29) is 5.82 Å². The molecule has 1 heterocycles. The van der Waals surface area contributed by atoms with Crippen molar-refractivity contribution in [1.82, 2.24) is 10.2 Å². The summed E-state index contributed by atoms with van der Waals surface area (Å²) >= 11 is 2.06. The smallest absolute Gasteiger partial charge is 0.123 e.